The van der Waals surface area contributed by atoms with E-state index >= 15 is 0 Å². The Morgan fingerprint density at radius 1 is 0.317 bits per heavy atom. The predicted octanol–water partition coefficient (Wildman–Crippen LogP) is 13.9. The maximum atomic E-state index is 6.08. The topological polar surface area (TPSA) is 95.7 Å². The molecular formula is C55H32N6O2. The summed E-state index contributed by atoms with van der Waals surface area (Å²) in [6.45, 7) is 0. The fourth-order valence-electron chi connectivity index (χ4n) is 8.85. The van der Waals surface area contributed by atoms with Gasteiger partial charge in [-0.2, -0.15) is 0 Å². The Morgan fingerprint density at radius 3 is 1.35 bits per heavy atom. The van der Waals surface area contributed by atoms with Crippen LogP contribution in [0.1, 0.15) is 0 Å². The van der Waals surface area contributed by atoms with E-state index in [1.807, 2.05) is 97.1 Å². The normalized spacial score (nSPS) is 11.8. The van der Waals surface area contributed by atoms with Gasteiger partial charge in [-0.3, -0.25) is 0 Å². The SMILES string of the molecule is c1ccc(-n2c3c4ccccc4ccc3c3ccc4cc(-c5nc(-c6ccc(-c7nc8ccccc8o7)cc6)nc(-c6ccc(-c7nc8ccccc8o7)cc6)n5)ccc4c32)cc1. The predicted molar refractivity (Wildman–Crippen MR) is 251 cm³/mol. The van der Waals surface area contributed by atoms with E-state index in [1.54, 1.807) is 0 Å². The Kier molecular flexibility index (Phi) is 7.74. The first kappa shape index (κ1) is 35.0. The lowest BCUT2D eigenvalue weighted by molar-refractivity contribution is 0.619. The molecule has 0 aliphatic rings. The summed E-state index contributed by atoms with van der Waals surface area (Å²) in [4.78, 5) is 24.8. The fraction of sp³-hybridized carbons (Fsp3) is 0. The fourth-order valence-corrected chi connectivity index (χ4v) is 8.85. The average Bonchev–Trinajstić information content (AvgIpc) is 4.09. The molecule has 0 aliphatic carbocycles. The van der Waals surface area contributed by atoms with E-state index in [1.165, 1.54) is 27.1 Å². The van der Waals surface area contributed by atoms with E-state index in [9.17, 15) is 0 Å². The molecule has 0 saturated heterocycles. The van der Waals surface area contributed by atoms with Crippen molar-refractivity contribution >= 4 is 65.6 Å². The van der Waals surface area contributed by atoms with Gasteiger partial charge in [0.05, 0.1) is 11.0 Å². The van der Waals surface area contributed by atoms with Gasteiger partial charge in [0, 0.05) is 55.0 Å². The van der Waals surface area contributed by atoms with E-state index in [2.05, 4.69) is 102 Å². The second kappa shape index (κ2) is 13.9. The van der Waals surface area contributed by atoms with E-state index in [-0.39, 0.29) is 0 Å². The van der Waals surface area contributed by atoms with Crippen LogP contribution in [0.15, 0.2) is 203 Å². The molecule has 0 bridgehead atoms. The summed E-state index contributed by atoms with van der Waals surface area (Å²) < 4.78 is 14.6. The van der Waals surface area contributed by atoms with E-state index < -0.39 is 0 Å². The third-order valence-corrected chi connectivity index (χ3v) is 11.9. The smallest absolute Gasteiger partial charge is 0.227 e. The lowest BCUT2D eigenvalue weighted by atomic mass is 10.0. The molecule has 0 fully saturated rings. The standard InChI is InChI=1S/C55H32N6O2/c1-2-11-40(12-3-1)61-49-41-13-5-4-10-33(41)26-30-43(49)44-31-27-38-32-39(28-29-42(38)50(44)61)53-59-51(34-18-22-36(23-19-34)54-56-45-14-6-8-16-47(45)62-54)58-52(60-53)35-20-24-37(25-21-35)55-57-46-15-7-9-17-48(46)63-55/h1-32H. The highest BCUT2D eigenvalue weighted by atomic mass is 16.4. The molecule has 8 nitrogen and oxygen atoms in total. The minimum atomic E-state index is 0.550. The Labute approximate surface area is 359 Å². The quantitative estimate of drug-likeness (QED) is 0.165. The highest BCUT2D eigenvalue weighted by molar-refractivity contribution is 6.24. The number of benzene rings is 9. The lowest BCUT2D eigenvalue weighted by Gasteiger charge is -2.12. The molecule has 13 rings (SSSR count). The molecule has 0 atom stereocenters. The lowest BCUT2D eigenvalue weighted by Crippen LogP contribution is -2.00. The average molecular weight is 809 g/mol. The highest BCUT2D eigenvalue weighted by Gasteiger charge is 2.20. The van der Waals surface area contributed by atoms with Gasteiger partial charge in [-0.05, 0) is 77.5 Å². The molecule has 0 saturated carbocycles. The van der Waals surface area contributed by atoms with Gasteiger partial charge in [0.25, 0.3) is 0 Å². The molecule has 0 unspecified atom stereocenters. The van der Waals surface area contributed by atoms with Gasteiger partial charge < -0.3 is 13.4 Å². The molecule has 8 heteroatoms. The number of aromatic nitrogens is 6. The van der Waals surface area contributed by atoms with Crippen LogP contribution < -0.4 is 0 Å². The summed E-state index contributed by atoms with van der Waals surface area (Å²) in [5, 5.41) is 7.06. The molecule has 4 aromatic heterocycles. The number of para-hydroxylation sites is 5. The van der Waals surface area contributed by atoms with Crippen molar-refractivity contribution in [2.45, 2.75) is 0 Å². The van der Waals surface area contributed by atoms with Crippen LogP contribution in [0, 0.1) is 0 Å². The monoisotopic (exact) mass is 808 g/mol. The van der Waals surface area contributed by atoms with Crippen LogP contribution in [0.4, 0.5) is 0 Å². The zero-order valence-corrected chi connectivity index (χ0v) is 33.5. The Balaban J connectivity index is 0.960. The van der Waals surface area contributed by atoms with Crippen LogP contribution >= 0.6 is 0 Å². The van der Waals surface area contributed by atoms with Gasteiger partial charge in [-0.15, -0.1) is 0 Å². The molecule has 4 heterocycles. The third-order valence-electron chi connectivity index (χ3n) is 11.9. The summed E-state index contributed by atoms with van der Waals surface area (Å²) in [5.41, 5.74) is 10.9. The van der Waals surface area contributed by atoms with Gasteiger partial charge in [0.2, 0.25) is 11.8 Å². The van der Waals surface area contributed by atoms with Crippen LogP contribution in [-0.4, -0.2) is 29.5 Å². The van der Waals surface area contributed by atoms with Crippen LogP contribution in [0.5, 0.6) is 0 Å². The van der Waals surface area contributed by atoms with Crippen molar-refractivity contribution in [3.8, 4) is 62.8 Å². The molecule has 0 N–H and O–H groups in total. The largest absolute Gasteiger partial charge is 0.436 e. The molecule has 63 heavy (non-hydrogen) atoms. The van der Waals surface area contributed by atoms with Crippen LogP contribution in [0.25, 0.3) is 128 Å². The van der Waals surface area contributed by atoms with Crippen LogP contribution in [-0.2, 0) is 0 Å². The van der Waals surface area contributed by atoms with Crippen molar-refractivity contribution in [2.75, 3.05) is 0 Å². The number of nitrogens with zero attached hydrogens (tertiary/aromatic N) is 6. The zero-order valence-electron chi connectivity index (χ0n) is 33.5. The van der Waals surface area contributed by atoms with Gasteiger partial charge in [0.1, 0.15) is 11.0 Å². The summed E-state index contributed by atoms with van der Waals surface area (Å²) >= 11 is 0. The molecule has 13 aromatic rings. The third kappa shape index (κ3) is 5.80. The van der Waals surface area contributed by atoms with Gasteiger partial charge in [-0.25, -0.2) is 24.9 Å². The number of hydrogen-bond donors (Lipinski definition) is 0. The second-order valence-electron chi connectivity index (χ2n) is 15.7. The molecular weight excluding hydrogens is 777 g/mol. The molecule has 0 aliphatic heterocycles. The first-order chi connectivity index (χ1) is 31.2. The summed E-state index contributed by atoms with van der Waals surface area (Å²) in [7, 11) is 0. The van der Waals surface area contributed by atoms with Crippen molar-refractivity contribution in [1.29, 1.82) is 0 Å². The maximum Gasteiger partial charge on any atom is 0.227 e. The number of rotatable bonds is 6. The minimum absolute atomic E-state index is 0.550. The molecule has 294 valence electrons. The summed E-state index contributed by atoms with van der Waals surface area (Å²) in [6, 6.07) is 66.3. The van der Waals surface area contributed by atoms with Gasteiger partial charge in [0.15, 0.2) is 28.6 Å². The van der Waals surface area contributed by atoms with Crippen molar-refractivity contribution in [3.63, 3.8) is 0 Å². The molecule has 0 radical (unpaired) electrons. The van der Waals surface area contributed by atoms with E-state index in [0.29, 0.717) is 29.3 Å². The number of fused-ring (bicyclic) bond motifs is 9. The van der Waals surface area contributed by atoms with Crippen molar-refractivity contribution < 1.29 is 8.83 Å². The van der Waals surface area contributed by atoms with E-state index in [4.69, 9.17) is 33.8 Å². The first-order valence-electron chi connectivity index (χ1n) is 20.8. The second-order valence-corrected chi connectivity index (χ2v) is 15.7. The van der Waals surface area contributed by atoms with Crippen LogP contribution in [0.2, 0.25) is 0 Å². The zero-order chi connectivity index (χ0) is 41.4. The Bertz CT molecular complexity index is 3700. The highest BCUT2D eigenvalue weighted by Crippen LogP contribution is 2.41. The van der Waals surface area contributed by atoms with Gasteiger partial charge >= 0.3 is 0 Å². The molecule has 9 aromatic carbocycles. The maximum absolute atomic E-state index is 6.08. The minimum Gasteiger partial charge on any atom is -0.436 e. The Hall–Kier alpha value is -8.75. The Morgan fingerprint density at radius 2 is 0.762 bits per heavy atom. The van der Waals surface area contributed by atoms with Crippen molar-refractivity contribution in [2.24, 2.45) is 0 Å². The van der Waals surface area contributed by atoms with Gasteiger partial charge in [-0.1, -0.05) is 127 Å². The number of oxazole rings is 2. The number of hydrogen-bond acceptors (Lipinski definition) is 7. The molecule has 0 spiro atoms. The van der Waals surface area contributed by atoms with Crippen molar-refractivity contribution in [3.05, 3.63) is 194 Å². The summed E-state index contributed by atoms with van der Waals surface area (Å²) in [6.07, 6.45) is 0. The van der Waals surface area contributed by atoms with Crippen LogP contribution in [0.3, 0.4) is 0 Å². The molecule has 0 amide bonds. The van der Waals surface area contributed by atoms with E-state index in [0.717, 1.165) is 72.0 Å². The summed E-state index contributed by atoms with van der Waals surface area (Å²) in [5.74, 6) is 2.78. The first-order valence-corrected chi connectivity index (χ1v) is 20.8. The van der Waals surface area contributed by atoms with Crippen molar-refractivity contribution in [1.82, 2.24) is 29.5 Å².